The topological polar surface area (TPSA) is 233 Å². The van der Waals surface area contributed by atoms with Crippen LogP contribution in [-0.4, -0.2) is 102 Å². The first-order chi connectivity index (χ1) is 34.9. The average molecular weight is 1010 g/mol. The van der Waals surface area contributed by atoms with Gasteiger partial charge in [0.15, 0.2) is 0 Å². The number of fused-ring (bicyclic) bond motifs is 2. The molecule has 17 nitrogen and oxygen atoms in total. The molecule has 7 N–H and O–H groups in total. The van der Waals surface area contributed by atoms with Gasteiger partial charge in [0.25, 0.3) is 17.4 Å². The molecule has 1 saturated carbocycles. The molecule has 3 aliphatic rings. The fourth-order valence-electron chi connectivity index (χ4n) is 8.40. The number of nitrogens with one attached hydrogen (secondary N) is 7. The summed E-state index contributed by atoms with van der Waals surface area (Å²) < 4.78 is 1.62. The molecule has 394 valence electrons. The average Bonchev–Trinajstić information content (AvgIpc) is 4.05. The van der Waals surface area contributed by atoms with Crippen LogP contribution in [0.5, 0.6) is 0 Å². The fourth-order valence-corrected chi connectivity index (χ4v) is 8.95. The number of thioether (sulfide) groups is 1. The quantitative estimate of drug-likeness (QED) is 0.0231. The summed E-state index contributed by atoms with van der Waals surface area (Å²) in [5.74, 6) is 0.259. The highest BCUT2D eigenvalue weighted by Gasteiger charge is 2.39. The van der Waals surface area contributed by atoms with Crippen LogP contribution in [0.4, 0.5) is 5.69 Å². The van der Waals surface area contributed by atoms with Crippen LogP contribution in [0, 0.1) is 12.8 Å². The molecule has 1 unspecified atom stereocenters. The monoisotopic (exact) mass is 1010 g/mol. The Morgan fingerprint density at radius 3 is 2.19 bits per heavy atom. The molecule has 0 bridgehead atoms. The minimum absolute atomic E-state index is 0.0666. The highest BCUT2D eigenvalue weighted by molar-refractivity contribution is 7.97. The number of H-pyrrole nitrogens is 1. The summed E-state index contributed by atoms with van der Waals surface area (Å²) in [5.41, 5.74) is 8.68. The van der Waals surface area contributed by atoms with Crippen molar-refractivity contribution >= 4 is 70.7 Å². The summed E-state index contributed by atoms with van der Waals surface area (Å²) in [6.07, 6.45) is 12.9. The molecule has 4 aromatic rings. The van der Waals surface area contributed by atoms with Gasteiger partial charge in [-0.05, 0) is 98.6 Å². The van der Waals surface area contributed by atoms with Gasteiger partial charge in [0.05, 0.1) is 0 Å². The van der Waals surface area contributed by atoms with Crippen LogP contribution in [0.2, 0.25) is 0 Å². The Morgan fingerprint density at radius 2 is 1.51 bits per heavy atom. The van der Waals surface area contributed by atoms with Crippen LogP contribution in [0.25, 0.3) is 22.0 Å². The highest BCUT2D eigenvalue weighted by Crippen LogP contribution is 2.38. The first-order valence-corrected chi connectivity index (χ1v) is 27.1. The second-order valence-corrected chi connectivity index (χ2v) is 17.9. The Bertz CT molecular complexity index is 2500. The first kappa shape index (κ1) is 59.9. The van der Waals surface area contributed by atoms with E-state index in [1.807, 2.05) is 85.2 Å². The summed E-state index contributed by atoms with van der Waals surface area (Å²) in [6, 6.07) is 11.3. The molecule has 2 aromatic heterocycles. The molecule has 18 heteroatoms. The van der Waals surface area contributed by atoms with Gasteiger partial charge < -0.3 is 41.0 Å². The number of carbonyl (C=O) groups excluding carboxylic acids is 7. The maximum Gasteiger partial charge on any atom is 0.274 e. The molecule has 2 aliphatic heterocycles. The Balaban J connectivity index is 0.000000620. The number of amides is 7. The minimum Gasteiger partial charge on any atom is -0.384 e. The lowest BCUT2D eigenvalue weighted by molar-refractivity contribution is -0.137. The molecule has 0 radical (unpaired) electrons. The lowest BCUT2D eigenvalue weighted by Crippen LogP contribution is -2.52. The summed E-state index contributed by atoms with van der Waals surface area (Å²) in [5, 5.41) is 17.4. The molecule has 2 aromatic carbocycles. The van der Waals surface area contributed by atoms with E-state index in [2.05, 4.69) is 49.0 Å². The van der Waals surface area contributed by atoms with Gasteiger partial charge in [-0.2, -0.15) is 11.8 Å². The number of carbonyl (C=O) groups is 7. The van der Waals surface area contributed by atoms with E-state index in [0.717, 1.165) is 83.2 Å². The number of piperidine rings is 1. The number of aromatic nitrogens is 2. The predicted octanol–water partition coefficient (Wildman–Crippen LogP) is 6.88. The van der Waals surface area contributed by atoms with Gasteiger partial charge in [-0.15, -0.1) is 0 Å². The van der Waals surface area contributed by atoms with Crippen LogP contribution in [-0.2, 0) is 49.7 Å². The number of rotatable bonds is 23. The Kier molecular flexibility index (Phi) is 26.5. The smallest absolute Gasteiger partial charge is 0.274 e. The van der Waals surface area contributed by atoms with Crippen molar-refractivity contribution in [3.8, 4) is 11.1 Å². The van der Waals surface area contributed by atoms with Gasteiger partial charge in [0.2, 0.25) is 30.5 Å². The third-order valence-corrected chi connectivity index (χ3v) is 12.6. The molecule has 72 heavy (non-hydrogen) atoms. The number of aryl methyl sites for hydroxylation is 3. The molecule has 1 aliphatic carbocycles. The van der Waals surface area contributed by atoms with Crippen molar-refractivity contribution in [3.63, 3.8) is 0 Å². The van der Waals surface area contributed by atoms with E-state index >= 15 is 0 Å². The Labute approximate surface area is 429 Å². The number of imide groups is 1. The SMILES string of the molecule is CC.CC.CC.CSCc1cc(-c2cn(C)c(=O)c3[nH]c(C)cc23)c(NCC2CC2)cc1C(=O)NCCCCCCc1cccc2c1CN(C1CCC(=O)NC1=O)C2=O.O=CNCCNC(=O)CCNC=O. The fraction of sp³-hybridized carbons (Fsp3) is 0.519. The third-order valence-electron chi connectivity index (χ3n) is 12.0. The standard InChI is InChI=1S/C41H48N6O5S.C7H13N3O3.3C2H6/c1-24-17-31-33(21-46(2)41(52)37(31)44-24)30-18-27(23-53-3)29(19-34(30)43-20-25-12-13-25)38(49)42-16-7-5-4-6-9-26-10-8-11-28-32(26)22-47(40(28)51)35-14-15-36(48)45-39(35)50;11-5-8-2-1-7(13)10-4-3-9-6-12;3*1-2/h8,10-11,17-19,21,25,35,43-44H,4-7,9,12-16,20,22-23H2,1-3H3,(H,42,49)(H,45,48,50);5-6H,1-4H2,(H,8,11)(H,9,12)(H,10,13);3*1-2H3. The Hall–Kier alpha value is -6.43. The van der Waals surface area contributed by atoms with Crippen LogP contribution in [0.1, 0.15) is 142 Å². The van der Waals surface area contributed by atoms with Crippen molar-refractivity contribution in [1.82, 2.24) is 41.0 Å². The number of nitrogens with zero attached hydrogens (tertiary/aromatic N) is 2. The maximum atomic E-state index is 13.7. The highest BCUT2D eigenvalue weighted by atomic mass is 32.2. The van der Waals surface area contributed by atoms with Crippen molar-refractivity contribution in [2.45, 2.75) is 131 Å². The van der Waals surface area contributed by atoms with E-state index in [0.29, 0.717) is 80.3 Å². The molecule has 0 spiro atoms. The van der Waals surface area contributed by atoms with Gasteiger partial charge in [-0.25, -0.2) is 0 Å². The normalized spacial score (nSPS) is 14.3. The third kappa shape index (κ3) is 17.1. The van der Waals surface area contributed by atoms with E-state index in [4.69, 9.17) is 0 Å². The summed E-state index contributed by atoms with van der Waals surface area (Å²) >= 11 is 1.67. The van der Waals surface area contributed by atoms with E-state index in [1.165, 1.54) is 12.8 Å². The molecule has 7 rings (SSSR count). The number of benzene rings is 2. The number of aromatic amines is 1. The number of hydrogen-bond donors (Lipinski definition) is 7. The van der Waals surface area contributed by atoms with Crippen LogP contribution in [0.15, 0.2) is 47.4 Å². The number of anilines is 1. The van der Waals surface area contributed by atoms with Crippen LogP contribution >= 0.6 is 11.8 Å². The molecule has 2 fully saturated rings. The number of unbranched alkanes of at least 4 members (excludes halogenated alkanes) is 3. The minimum atomic E-state index is -0.615. The zero-order valence-electron chi connectivity index (χ0n) is 43.9. The van der Waals surface area contributed by atoms with Gasteiger partial charge in [-0.3, -0.25) is 43.7 Å². The summed E-state index contributed by atoms with van der Waals surface area (Å²) in [6.45, 7) is 16.9. The molecular formula is C54H79N9O8S. The Morgan fingerprint density at radius 1 is 0.806 bits per heavy atom. The van der Waals surface area contributed by atoms with Crippen LogP contribution in [0.3, 0.4) is 0 Å². The van der Waals surface area contributed by atoms with Gasteiger partial charge in [0.1, 0.15) is 11.6 Å². The lowest BCUT2D eigenvalue weighted by atomic mass is 9.95. The maximum absolute atomic E-state index is 13.7. The van der Waals surface area contributed by atoms with Gasteiger partial charge in [0, 0.05) is 110 Å². The van der Waals surface area contributed by atoms with Crippen molar-refractivity contribution in [2.24, 2.45) is 13.0 Å². The second kappa shape index (κ2) is 31.8. The molecular weight excluding hydrogens is 935 g/mol. The molecule has 4 heterocycles. The zero-order chi connectivity index (χ0) is 53.2. The van der Waals surface area contributed by atoms with Crippen molar-refractivity contribution < 1.29 is 33.6 Å². The van der Waals surface area contributed by atoms with Crippen molar-refractivity contribution in [2.75, 3.05) is 44.3 Å². The molecule has 7 amide bonds. The van der Waals surface area contributed by atoms with E-state index in [9.17, 15) is 38.4 Å². The predicted molar refractivity (Wildman–Crippen MR) is 289 cm³/mol. The number of hydrogen-bond acceptors (Lipinski definition) is 10. The molecule has 1 atom stereocenters. The summed E-state index contributed by atoms with van der Waals surface area (Å²) in [7, 11) is 1.78. The van der Waals surface area contributed by atoms with Gasteiger partial charge >= 0.3 is 0 Å². The summed E-state index contributed by atoms with van der Waals surface area (Å²) in [4.78, 5) is 99.3. The van der Waals surface area contributed by atoms with Crippen molar-refractivity contribution in [1.29, 1.82) is 0 Å². The van der Waals surface area contributed by atoms with E-state index < -0.39 is 11.9 Å². The van der Waals surface area contributed by atoms with Crippen molar-refractivity contribution in [3.05, 3.63) is 86.5 Å². The largest absolute Gasteiger partial charge is 0.384 e. The molecule has 1 saturated heterocycles. The zero-order valence-corrected chi connectivity index (χ0v) is 44.8. The first-order valence-electron chi connectivity index (χ1n) is 25.7. The van der Waals surface area contributed by atoms with Gasteiger partial charge in [-0.1, -0.05) is 66.5 Å². The number of pyridine rings is 1. The van der Waals surface area contributed by atoms with Crippen LogP contribution < -0.4 is 37.5 Å². The van der Waals surface area contributed by atoms with E-state index in [-0.39, 0.29) is 42.0 Å². The second-order valence-electron chi connectivity index (χ2n) is 17.0. The lowest BCUT2D eigenvalue weighted by Gasteiger charge is -2.29. The van der Waals surface area contributed by atoms with E-state index in [1.54, 1.807) is 28.3 Å².